The van der Waals surface area contributed by atoms with E-state index >= 15 is 0 Å². The first-order chi connectivity index (χ1) is 3.47. The topological polar surface area (TPSA) is 0 Å². The van der Waals surface area contributed by atoms with E-state index in [-0.39, 0.29) is 0 Å². The molecule has 0 fully saturated rings. The van der Waals surface area contributed by atoms with Crippen LogP contribution in [0, 0.1) is 5.92 Å². The van der Waals surface area contributed by atoms with Crippen LogP contribution >= 0.6 is 0 Å². The van der Waals surface area contributed by atoms with Gasteiger partial charge in [-0.3, -0.25) is 0 Å². The molecule has 0 nitrogen and oxygen atoms in total. The fraction of sp³-hybridized carbons (Fsp3) is 0.143. The van der Waals surface area contributed by atoms with Crippen LogP contribution in [0.15, 0.2) is 36.0 Å². The molecule has 34 valence electrons. The molecule has 0 unspecified atom stereocenters. The van der Waals surface area contributed by atoms with Crippen molar-refractivity contribution in [2.24, 2.45) is 5.92 Å². The smallest absolute Gasteiger partial charge is 0.0204 e. The Hall–Kier alpha value is -0.780. The minimum atomic E-state index is 0.727. The Kier molecular flexibility index (Phi) is 0.413. The first-order valence-electron chi connectivity index (χ1n) is 2.53. The van der Waals surface area contributed by atoms with E-state index in [9.17, 15) is 0 Å². The molecule has 0 spiro atoms. The SMILES string of the molecule is C1=CC2=C[C@@H]2C=C1. The highest BCUT2D eigenvalue weighted by Crippen LogP contribution is 2.33. The van der Waals surface area contributed by atoms with E-state index in [4.69, 9.17) is 0 Å². The Morgan fingerprint density at radius 3 is 2.86 bits per heavy atom. The average Bonchev–Trinajstić information content (AvgIpc) is 2.41. The normalized spacial score (nSPS) is 32.0. The van der Waals surface area contributed by atoms with Gasteiger partial charge in [-0.2, -0.15) is 0 Å². The van der Waals surface area contributed by atoms with Gasteiger partial charge in [0.25, 0.3) is 0 Å². The summed E-state index contributed by atoms with van der Waals surface area (Å²) in [5, 5.41) is 0. The number of fused-ring (bicyclic) bond motifs is 1. The van der Waals surface area contributed by atoms with E-state index < -0.39 is 0 Å². The molecule has 7 heavy (non-hydrogen) atoms. The molecule has 1 atom stereocenters. The highest BCUT2D eigenvalue weighted by atomic mass is 14.2. The first-order valence-corrected chi connectivity index (χ1v) is 2.53. The molecule has 2 rings (SSSR count). The van der Waals surface area contributed by atoms with E-state index in [1.54, 1.807) is 0 Å². The van der Waals surface area contributed by atoms with Crippen molar-refractivity contribution in [3.8, 4) is 0 Å². The molecule has 0 aromatic carbocycles. The van der Waals surface area contributed by atoms with Crippen molar-refractivity contribution in [3.63, 3.8) is 0 Å². The zero-order valence-corrected chi connectivity index (χ0v) is 3.96. The number of hydrogen-bond donors (Lipinski definition) is 0. The van der Waals surface area contributed by atoms with Gasteiger partial charge in [0.15, 0.2) is 0 Å². The van der Waals surface area contributed by atoms with Gasteiger partial charge in [-0.25, -0.2) is 0 Å². The molecule has 0 aromatic rings. The lowest BCUT2D eigenvalue weighted by Crippen LogP contribution is -1.73. The standard InChI is InChI=1S/C7H6/c1-2-4-7-5-6(7)3-1/h1-6H/t6-/m0/s1. The van der Waals surface area contributed by atoms with E-state index in [0.29, 0.717) is 0 Å². The molecule has 0 saturated heterocycles. The Balaban J connectivity index is 2.38. The quantitative estimate of drug-likeness (QED) is 0.424. The van der Waals surface area contributed by atoms with Crippen LogP contribution in [0.2, 0.25) is 0 Å². The highest BCUT2D eigenvalue weighted by molar-refractivity contribution is 5.47. The summed E-state index contributed by atoms with van der Waals surface area (Å²) < 4.78 is 0. The summed E-state index contributed by atoms with van der Waals surface area (Å²) in [7, 11) is 0. The van der Waals surface area contributed by atoms with E-state index in [2.05, 4.69) is 30.4 Å². The van der Waals surface area contributed by atoms with Crippen LogP contribution in [0.5, 0.6) is 0 Å². The van der Waals surface area contributed by atoms with Crippen molar-refractivity contribution in [2.45, 2.75) is 0 Å². The van der Waals surface area contributed by atoms with Gasteiger partial charge in [-0.05, 0) is 5.57 Å². The molecule has 0 bridgehead atoms. The van der Waals surface area contributed by atoms with Gasteiger partial charge in [0.2, 0.25) is 0 Å². The van der Waals surface area contributed by atoms with Gasteiger partial charge in [0.05, 0.1) is 0 Å². The lowest BCUT2D eigenvalue weighted by molar-refractivity contribution is 1.19. The summed E-state index contributed by atoms with van der Waals surface area (Å²) in [5.74, 6) is 0.727. The Labute approximate surface area is 42.8 Å². The van der Waals surface area contributed by atoms with Gasteiger partial charge >= 0.3 is 0 Å². The van der Waals surface area contributed by atoms with Crippen LogP contribution in [0.1, 0.15) is 0 Å². The summed E-state index contributed by atoms with van der Waals surface area (Å²) >= 11 is 0. The van der Waals surface area contributed by atoms with Crippen molar-refractivity contribution < 1.29 is 0 Å². The highest BCUT2D eigenvalue weighted by Gasteiger charge is 2.19. The second-order valence-electron chi connectivity index (χ2n) is 1.94. The second-order valence-corrected chi connectivity index (χ2v) is 1.94. The lowest BCUT2D eigenvalue weighted by atomic mass is 10.2. The molecular weight excluding hydrogens is 84.1 g/mol. The minimum Gasteiger partial charge on any atom is -0.0732 e. The van der Waals surface area contributed by atoms with Crippen molar-refractivity contribution in [1.82, 2.24) is 0 Å². The third-order valence-electron chi connectivity index (χ3n) is 1.37. The van der Waals surface area contributed by atoms with E-state index in [1.807, 2.05) is 0 Å². The van der Waals surface area contributed by atoms with Crippen LogP contribution < -0.4 is 0 Å². The van der Waals surface area contributed by atoms with E-state index in [1.165, 1.54) is 5.57 Å². The van der Waals surface area contributed by atoms with Gasteiger partial charge in [-0.1, -0.05) is 30.4 Å². The average molecular weight is 90.1 g/mol. The summed E-state index contributed by atoms with van der Waals surface area (Å²) in [5.41, 5.74) is 1.49. The van der Waals surface area contributed by atoms with Gasteiger partial charge in [-0.15, -0.1) is 0 Å². The lowest BCUT2D eigenvalue weighted by Gasteiger charge is -1.88. The maximum absolute atomic E-state index is 2.25. The molecular formula is C7H6. The molecule has 0 N–H and O–H groups in total. The zero-order valence-electron chi connectivity index (χ0n) is 3.96. The van der Waals surface area contributed by atoms with Gasteiger partial charge < -0.3 is 0 Å². The molecule has 0 saturated carbocycles. The van der Waals surface area contributed by atoms with Crippen molar-refractivity contribution >= 4 is 0 Å². The summed E-state index contributed by atoms with van der Waals surface area (Å²) in [6, 6.07) is 0. The second kappa shape index (κ2) is 0.890. The molecule has 0 amide bonds. The van der Waals surface area contributed by atoms with Crippen LogP contribution in [-0.2, 0) is 0 Å². The predicted octanol–water partition coefficient (Wildman–Crippen LogP) is 1.67. The van der Waals surface area contributed by atoms with Crippen molar-refractivity contribution in [2.75, 3.05) is 0 Å². The van der Waals surface area contributed by atoms with Crippen LogP contribution in [0.3, 0.4) is 0 Å². The van der Waals surface area contributed by atoms with E-state index in [0.717, 1.165) is 5.92 Å². The monoisotopic (exact) mass is 90.0 g/mol. The largest absolute Gasteiger partial charge is 0.0732 e. The molecule has 0 aromatic heterocycles. The number of rotatable bonds is 0. The third-order valence-corrected chi connectivity index (χ3v) is 1.37. The zero-order chi connectivity index (χ0) is 4.69. The summed E-state index contributed by atoms with van der Waals surface area (Å²) in [6.45, 7) is 0. The van der Waals surface area contributed by atoms with Crippen molar-refractivity contribution in [1.29, 1.82) is 0 Å². The first kappa shape index (κ1) is 3.25. The maximum Gasteiger partial charge on any atom is 0.0204 e. The Morgan fingerprint density at radius 2 is 2.29 bits per heavy atom. The van der Waals surface area contributed by atoms with Gasteiger partial charge in [0.1, 0.15) is 0 Å². The third kappa shape index (κ3) is 0.362. The van der Waals surface area contributed by atoms with Gasteiger partial charge in [0, 0.05) is 5.92 Å². The van der Waals surface area contributed by atoms with Crippen molar-refractivity contribution in [3.05, 3.63) is 36.0 Å². The molecule has 2 aliphatic rings. The Morgan fingerprint density at radius 1 is 1.29 bits per heavy atom. The van der Waals surface area contributed by atoms with Crippen LogP contribution in [0.25, 0.3) is 0 Å². The summed E-state index contributed by atoms with van der Waals surface area (Å²) in [6.07, 6.45) is 10.8. The molecule has 2 aliphatic carbocycles. The molecule has 0 heteroatoms. The minimum absolute atomic E-state index is 0.727. The van der Waals surface area contributed by atoms with Crippen LogP contribution in [-0.4, -0.2) is 0 Å². The Bertz CT molecular complexity index is 170. The fourth-order valence-electron chi connectivity index (χ4n) is 0.843. The maximum atomic E-state index is 2.25. The molecule has 0 heterocycles. The number of hydrogen-bond acceptors (Lipinski definition) is 0. The molecule has 0 radical (unpaired) electrons. The van der Waals surface area contributed by atoms with Crippen LogP contribution in [0.4, 0.5) is 0 Å². The fourth-order valence-corrected chi connectivity index (χ4v) is 0.843. The number of allylic oxidation sites excluding steroid dienone is 6. The summed E-state index contributed by atoms with van der Waals surface area (Å²) in [4.78, 5) is 0. The predicted molar refractivity (Wildman–Crippen MR) is 29.9 cm³/mol. The molecule has 0 aliphatic heterocycles.